The second-order valence-electron chi connectivity index (χ2n) is 9.18. The van der Waals surface area contributed by atoms with Gasteiger partial charge in [0.1, 0.15) is 5.75 Å². The van der Waals surface area contributed by atoms with Gasteiger partial charge in [-0.1, -0.05) is 22.9 Å². The van der Waals surface area contributed by atoms with E-state index in [4.69, 9.17) is 0 Å². The molecular formula is C31H26N2O4. The lowest BCUT2D eigenvalue weighted by molar-refractivity contribution is 0.103. The number of phenols is 1. The Morgan fingerprint density at radius 3 is 2.00 bits per heavy atom. The SMILES string of the molecule is CCn1c2ccc(C(=O)/C(=N\O)c3cc(C)ccc3C)cc2c2cc(C(=O)c3ccc(O)cc3)ccc21. The number of Topliss-reactive ketones (excluding diaryl/α,β-unsaturated/α-hetero) is 1. The number of fused-ring (bicyclic) bond motifs is 3. The number of carbonyl (C=O) groups is 2. The zero-order valence-corrected chi connectivity index (χ0v) is 20.8. The molecule has 0 spiro atoms. The topological polar surface area (TPSA) is 91.9 Å². The highest BCUT2D eigenvalue weighted by molar-refractivity contribution is 6.51. The normalized spacial score (nSPS) is 11.8. The fourth-order valence-electron chi connectivity index (χ4n) is 4.86. The van der Waals surface area contributed by atoms with Crippen LogP contribution in [0.1, 0.15) is 49.9 Å². The van der Waals surface area contributed by atoms with Crippen molar-refractivity contribution in [1.82, 2.24) is 4.57 Å². The van der Waals surface area contributed by atoms with E-state index in [1.807, 2.05) is 57.2 Å². The molecule has 37 heavy (non-hydrogen) atoms. The van der Waals surface area contributed by atoms with E-state index in [-0.39, 0.29) is 23.0 Å². The first kappa shape index (κ1) is 24.0. The molecule has 2 N–H and O–H groups in total. The number of nitrogens with zero attached hydrogens (tertiary/aromatic N) is 2. The molecule has 4 aromatic carbocycles. The average molecular weight is 491 g/mol. The maximum Gasteiger partial charge on any atom is 0.215 e. The van der Waals surface area contributed by atoms with E-state index < -0.39 is 0 Å². The number of benzene rings is 4. The first-order valence-electron chi connectivity index (χ1n) is 12.1. The lowest BCUT2D eigenvalue weighted by atomic mass is 9.95. The maximum atomic E-state index is 13.5. The molecule has 0 atom stereocenters. The van der Waals surface area contributed by atoms with Gasteiger partial charge in [0, 0.05) is 50.6 Å². The number of carbonyl (C=O) groups excluding carboxylic acids is 2. The molecule has 0 aliphatic heterocycles. The number of rotatable bonds is 6. The third kappa shape index (κ3) is 4.16. The van der Waals surface area contributed by atoms with E-state index in [1.54, 1.807) is 30.3 Å². The summed E-state index contributed by atoms with van der Waals surface area (Å²) >= 11 is 0. The predicted octanol–water partition coefficient (Wildman–Crippen LogP) is 6.43. The number of aromatic hydroxyl groups is 1. The number of phenolic OH excluding ortho intramolecular Hbond substituents is 1. The highest BCUT2D eigenvalue weighted by Crippen LogP contribution is 2.32. The number of ketones is 2. The Hall–Kier alpha value is -4.71. The van der Waals surface area contributed by atoms with Gasteiger partial charge in [-0.05, 0) is 93.1 Å². The Morgan fingerprint density at radius 1 is 0.784 bits per heavy atom. The predicted molar refractivity (Wildman–Crippen MR) is 145 cm³/mol. The van der Waals surface area contributed by atoms with Gasteiger partial charge in [0.25, 0.3) is 0 Å². The van der Waals surface area contributed by atoms with Crippen LogP contribution in [0.25, 0.3) is 21.8 Å². The van der Waals surface area contributed by atoms with Crippen LogP contribution in [0.3, 0.4) is 0 Å². The largest absolute Gasteiger partial charge is 0.508 e. The third-order valence-corrected chi connectivity index (χ3v) is 6.80. The van der Waals surface area contributed by atoms with E-state index in [1.165, 1.54) is 12.1 Å². The summed E-state index contributed by atoms with van der Waals surface area (Å²) < 4.78 is 2.14. The van der Waals surface area contributed by atoms with Crippen molar-refractivity contribution < 1.29 is 19.9 Å². The van der Waals surface area contributed by atoms with Gasteiger partial charge in [-0.25, -0.2) is 0 Å². The minimum absolute atomic E-state index is 0.0111. The van der Waals surface area contributed by atoms with Crippen LogP contribution in [-0.4, -0.2) is 32.2 Å². The molecule has 0 amide bonds. The summed E-state index contributed by atoms with van der Waals surface area (Å²) in [5.41, 5.74) is 5.66. The standard InChI is InChI=1S/C31H26N2O4/c1-4-33-27-13-9-21(30(35)20-7-11-23(34)12-8-20)16-25(27)26-17-22(10-14-28(26)33)31(36)29(32-37)24-15-18(2)5-6-19(24)3/h5-17,34,37H,4H2,1-3H3/b32-29-. The molecule has 0 bridgehead atoms. The van der Waals surface area contributed by atoms with Gasteiger partial charge in [-0.15, -0.1) is 0 Å². The molecule has 0 unspecified atom stereocenters. The second-order valence-corrected chi connectivity index (χ2v) is 9.18. The fraction of sp³-hybridized carbons (Fsp3) is 0.129. The molecule has 0 radical (unpaired) electrons. The minimum atomic E-state index is -0.383. The number of aryl methyl sites for hydroxylation is 3. The summed E-state index contributed by atoms with van der Waals surface area (Å²) in [6.45, 7) is 6.55. The van der Waals surface area contributed by atoms with Crippen molar-refractivity contribution in [3.63, 3.8) is 0 Å². The summed E-state index contributed by atoms with van der Waals surface area (Å²) in [6.07, 6.45) is 0. The summed E-state index contributed by atoms with van der Waals surface area (Å²) in [6, 6.07) is 22.9. The van der Waals surface area contributed by atoms with Crippen molar-refractivity contribution in [2.75, 3.05) is 0 Å². The Kier molecular flexibility index (Phi) is 6.09. The van der Waals surface area contributed by atoms with E-state index >= 15 is 0 Å². The van der Waals surface area contributed by atoms with Crippen molar-refractivity contribution in [3.05, 3.63) is 112 Å². The van der Waals surface area contributed by atoms with Crippen molar-refractivity contribution in [1.29, 1.82) is 0 Å². The fourth-order valence-corrected chi connectivity index (χ4v) is 4.86. The summed E-state index contributed by atoms with van der Waals surface area (Å²) in [4.78, 5) is 26.7. The molecule has 184 valence electrons. The van der Waals surface area contributed by atoms with E-state index in [0.717, 1.165) is 32.9 Å². The first-order chi connectivity index (χ1) is 17.8. The smallest absolute Gasteiger partial charge is 0.215 e. The van der Waals surface area contributed by atoms with Crippen LogP contribution in [0, 0.1) is 13.8 Å². The third-order valence-electron chi connectivity index (χ3n) is 6.80. The molecule has 6 heteroatoms. The summed E-state index contributed by atoms with van der Waals surface area (Å²) in [7, 11) is 0. The van der Waals surface area contributed by atoms with Gasteiger partial charge in [-0.3, -0.25) is 9.59 Å². The van der Waals surface area contributed by atoms with Gasteiger partial charge < -0.3 is 14.9 Å². The Morgan fingerprint density at radius 2 is 1.38 bits per heavy atom. The second kappa shape index (κ2) is 9.39. The quantitative estimate of drug-likeness (QED) is 0.124. The zero-order chi connectivity index (χ0) is 26.3. The van der Waals surface area contributed by atoms with Gasteiger partial charge in [0.05, 0.1) is 0 Å². The molecule has 6 nitrogen and oxygen atoms in total. The van der Waals surface area contributed by atoms with Gasteiger partial charge >= 0.3 is 0 Å². The van der Waals surface area contributed by atoms with Crippen LogP contribution in [0.5, 0.6) is 5.75 Å². The summed E-state index contributed by atoms with van der Waals surface area (Å²) in [5, 5.41) is 24.4. The van der Waals surface area contributed by atoms with E-state index in [2.05, 4.69) is 9.72 Å². The monoisotopic (exact) mass is 490 g/mol. The number of hydrogen-bond acceptors (Lipinski definition) is 5. The highest BCUT2D eigenvalue weighted by atomic mass is 16.4. The van der Waals surface area contributed by atoms with Crippen molar-refractivity contribution in [2.24, 2.45) is 5.16 Å². The Balaban J connectivity index is 1.64. The van der Waals surface area contributed by atoms with Crippen LogP contribution in [0.2, 0.25) is 0 Å². The molecule has 0 aliphatic carbocycles. The molecular weight excluding hydrogens is 464 g/mol. The zero-order valence-electron chi connectivity index (χ0n) is 20.8. The Bertz CT molecular complexity index is 1730. The van der Waals surface area contributed by atoms with Gasteiger partial charge in [0.2, 0.25) is 5.78 Å². The van der Waals surface area contributed by atoms with Crippen LogP contribution < -0.4 is 0 Å². The van der Waals surface area contributed by atoms with E-state index in [9.17, 15) is 19.9 Å². The highest BCUT2D eigenvalue weighted by Gasteiger charge is 2.21. The maximum absolute atomic E-state index is 13.5. The molecule has 5 rings (SSSR count). The molecule has 1 aromatic heterocycles. The molecule has 5 aromatic rings. The van der Waals surface area contributed by atoms with Crippen LogP contribution in [0.15, 0.2) is 84.0 Å². The number of oxime groups is 1. The van der Waals surface area contributed by atoms with Gasteiger partial charge in [-0.2, -0.15) is 0 Å². The van der Waals surface area contributed by atoms with Crippen LogP contribution in [-0.2, 0) is 6.54 Å². The van der Waals surface area contributed by atoms with Crippen molar-refractivity contribution >= 4 is 39.1 Å². The number of hydrogen-bond donors (Lipinski definition) is 2. The molecule has 1 heterocycles. The first-order valence-corrected chi connectivity index (χ1v) is 12.1. The summed E-state index contributed by atoms with van der Waals surface area (Å²) in [5.74, 6) is -0.440. The lowest BCUT2D eigenvalue weighted by Crippen LogP contribution is -2.17. The minimum Gasteiger partial charge on any atom is -0.508 e. The van der Waals surface area contributed by atoms with Crippen molar-refractivity contribution in [2.45, 2.75) is 27.3 Å². The Labute approximate surface area is 214 Å². The van der Waals surface area contributed by atoms with Crippen LogP contribution in [0.4, 0.5) is 0 Å². The molecule has 0 aliphatic rings. The van der Waals surface area contributed by atoms with E-state index in [0.29, 0.717) is 28.8 Å². The lowest BCUT2D eigenvalue weighted by Gasteiger charge is -2.09. The average Bonchev–Trinajstić information content (AvgIpc) is 3.23. The number of aromatic nitrogens is 1. The molecule has 0 saturated heterocycles. The van der Waals surface area contributed by atoms with Gasteiger partial charge in [0.15, 0.2) is 11.5 Å². The molecule has 0 fully saturated rings. The van der Waals surface area contributed by atoms with Crippen molar-refractivity contribution in [3.8, 4) is 5.75 Å². The molecule has 0 saturated carbocycles. The van der Waals surface area contributed by atoms with Crippen LogP contribution >= 0.6 is 0 Å².